The summed E-state index contributed by atoms with van der Waals surface area (Å²) in [5.41, 5.74) is 11.8. The number of carboxylic acid groups (broad SMARTS) is 1. The highest BCUT2D eigenvalue weighted by Crippen LogP contribution is 2.35. The van der Waals surface area contributed by atoms with Crippen molar-refractivity contribution in [2.45, 2.75) is 64.7 Å². The van der Waals surface area contributed by atoms with Gasteiger partial charge >= 0.3 is 0 Å². The second kappa shape index (κ2) is 13.1. The second-order valence-corrected chi connectivity index (χ2v) is 9.25. The lowest BCUT2D eigenvalue weighted by Crippen LogP contribution is -2.32. The van der Waals surface area contributed by atoms with Gasteiger partial charge in [0.15, 0.2) is 0 Å². The average molecular weight is 498 g/mol. The van der Waals surface area contributed by atoms with Gasteiger partial charge in [-0.3, -0.25) is 4.79 Å². The third-order valence-electron chi connectivity index (χ3n) is 6.54. The molecule has 1 saturated heterocycles. The highest BCUT2D eigenvalue weighted by atomic mass is 16.5. The fourth-order valence-electron chi connectivity index (χ4n) is 4.35. The van der Waals surface area contributed by atoms with E-state index in [1.807, 2.05) is 12.1 Å². The quantitative estimate of drug-likeness (QED) is 0.367. The Kier molecular flexibility index (Phi) is 9.86. The van der Waals surface area contributed by atoms with E-state index in [1.165, 1.54) is 49.2 Å². The molecular formula is C26H39N7O3. The molecule has 0 unspecified atom stereocenters. The number of aliphatic carboxylic acids is 1. The van der Waals surface area contributed by atoms with Crippen molar-refractivity contribution in [2.75, 3.05) is 31.6 Å². The molecule has 0 spiro atoms. The first-order chi connectivity index (χ1) is 17.3. The Morgan fingerprint density at radius 2 is 1.89 bits per heavy atom. The second-order valence-electron chi connectivity index (χ2n) is 9.25. The molecule has 5 N–H and O–H groups in total. The molecule has 2 aliphatic rings. The van der Waals surface area contributed by atoms with Crippen LogP contribution < -0.4 is 21.2 Å². The van der Waals surface area contributed by atoms with Crippen LogP contribution in [-0.2, 0) is 11.2 Å². The SMILES string of the molecule is CC(=O)O.CCc1nc(/C(N)=C(\COc2cc(C3CCC3)ncn2)N(C)N)ccc1N1CCCCC1. The molecule has 0 amide bonds. The van der Waals surface area contributed by atoms with Gasteiger partial charge in [-0.1, -0.05) is 13.3 Å². The number of nitrogens with zero attached hydrogens (tertiary/aromatic N) is 5. The Morgan fingerprint density at radius 3 is 2.47 bits per heavy atom. The topological polar surface area (TPSA) is 144 Å². The number of anilines is 1. The fraction of sp³-hybridized carbons (Fsp3) is 0.538. The Labute approximate surface area is 213 Å². The van der Waals surface area contributed by atoms with E-state index in [2.05, 4.69) is 27.9 Å². The average Bonchev–Trinajstić information content (AvgIpc) is 2.83. The fourth-order valence-corrected chi connectivity index (χ4v) is 4.35. The number of rotatable bonds is 8. The standard InChI is InChI=1S/C24H35N7O.C2H4O2/c1-3-18-21(31-12-5-4-6-13-31)11-10-19(29-18)24(25)22(30(2)26)15-32-23-14-20(27-16-28-23)17-8-7-9-17;1-2(3)4/h10-11,14,16-17H,3-9,12-13,15,25-26H2,1-2H3;1H3,(H,3,4)/b24-22-;. The van der Waals surface area contributed by atoms with Crippen molar-refractivity contribution in [3.63, 3.8) is 0 Å². The van der Waals surface area contributed by atoms with Crippen LogP contribution in [0.3, 0.4) is 0 Å². The summed E-state index contributed by atoms with van der Waals surface area (Å²) in [6.45, 7) is 5.60. The largest absolute Gasteiger partial charge is 0.481 e. The minimum Gasteiger partial charge on any atom is -0.481 e. The number of hydrazine groups is 1. The van der Waals surface area contributed by atoms with E-state index in [9.17, 15) is 0 Å². The van der Waals surface area contributed by atoms with Gasteiger partial charge in [0.05, 0.1) is 34.2 Å². The third kappa shape index (κ3) is 7.30. The first-order valence-electron chi connectivity index (χ1n) is 12.7. The molecule has 0 radical (unpaired) electrons. The van der Waals surface area contributed by atoms with E-state index in [0.29, 0.717) is 23.2 Å². The molecule has 4 rings (SSSR count). The molecule has 0 bridgehead atoms. The normalized spacial score (nSPS) is 16.3. The molecule has 10 heteroatoms. The third-order valence-corrected chi connectivity index (χ3v) is 6.54. The van der Waals surface area contributed by atoms with Crippen LogP contribution in [0.25, 0.3) is 5.70 Å². The van der Waals surface area contributed by atoms with Crippen LogP contribution in [-0.4, -0.2) is 57.8 Å². The highest BCUT2D eigenvalue weighted by molar-refractivity contribution is 5.65. The molecule has 0 atom stereocenters. The molecule has 2 aromatic rings. The van der Waals surface area contributed by atoms with E-state index in [4.69, 9.17) is 31.2 Å². The van der Waals surface area contributed by atoms with Crippen LogP contribution >= 0.6 is 0 Å². The maximum Gasteiger partial charge on any atom is 0.300 e. The molecule has 3 heterocycles. The summed E-state index contributed by atoms with van der Waals surface area (Å²) in [5, 5.41) is 8.91. The van der Waals surface area contributed by atoms with Crippen LogP contribution in [0, 0.1) is 0 Å². The van der Waals surface area contributed by atoms with Crippen molar-refractivity contribution in [2.24, 2.45) is 11.6 Å². The predicted octanol–water partition coefficient (Wildman–Crippen LogP) is 3.29. The van der Waals surface area contributed by atoms with E-state index < -0.39 is 5.97 Å². The van der Waals surface area contributed by atoms with Crippen LogP contribution in [0.15, 0.2) is 30.2 Å². The lowest BCUT2D eigenvalue weighted by atomic mass is 9.83. The van der Waals surface area contributed by atoms with Gasteiger partial charge in [0, 0.05) is 39.0 Å². The Hall–Kier alpha value is -3.40. The summed E-state index contributed by atoms with van der Waals surface area (Å²) in [6, 6.07) is 6.06. The lowest BCUT2D eigenvalue weighted by molar-refractivity contribution is -0.134. The number of carbonyl (C=O) groups is 1. The number of nitrogens with two attached hydrogens (primary N) is 2. The Balaban J connectivity index is 0.000000840. The van der Waals surface area contributed by atoms with Crippen LogP contribution in [0.5, 0.6) is 5.88 Å². The summed E-state index contributed by atoms with van der Waals surface area (Å²) in [6.07, 6.45) is 9.81. The van der Waals surface area contributed by atoms with Gasteiger partial charge < -0.3 is 25.5 Å². The maximum absolute atomic E-state index is 9.00. The summed E-state index contributed by atoms with van der Waals surface area (Å²) in [7, 11) is 1.76. The van der Waals surface area contributed by atoms with Crippen molar-refractivity contribution in [1.29, 1.82) is 0 Å². The minimum absolute atomic E-state index is 0.205. The smallest absolute Gasteiger partial charge is 0.300 e. The molecule has 196 valence electrons. The lowest BCUT2D eigenvalue weighted by Gasteiger charge is -2.30. The van der Waals surface area contributed by atoms with E-state index >= 15 is 0 Å². The molecule has 2 fully saturated rings. The molecule has 0 aromatic carbocycles. The van der Waals surface area contributed by atoms with Crippen molar-refractivity contribution in [3.8, 4) is 5.88 Å². The number of hydrogen-bond acceptors (Lipinski definition) is 9. The summed E-state index contributed by atoms with van der Waals surface area (Å²) >= 11 is 0. The molecule has 36 heavy (non-hydrogen) atoms. The molecular weight excluding hydrogens is 458 g/mol. The summed E-state index contributed by atoms with van der Waals surface area (Å²) < 4.78 is 5.96. The molecule has 1 saturated carbocycles. The number of hydrogen-bond donors (Lipinski definition) is 3. The molecule has 1 aliphatic heterocycles. The van der Waals surface area contributed by atoms with Crippen molar-refractivity contribution in [3.05, 3.63) is 47.3 Å². The zero-order chi connectivity index (χ0) is 26.1. The number of pyridine rings is 1. The Morgan fingerprint density at radius 1 is 1.19 bits per heavy atom. The van der Waals surface area contributed by atoms with Gasteiger partial charge in [-0.05, 0) is 50.7 Å². The summed E-state index contributed by atoms with van der Waals surface area (Å²) in [4.78, 5) is 25.0. The number of ether oxygens (including phenoxy) is 1. The number of aromatic nitrogens is 3. The Bertz CT molecular complexity index is 1040. The van der Waals surface area contributed by atoms with Crippen LogP contribution in [0.2, 0.25) is 0 Å². The monoisotopic (exact) mass is 497 g/mol. The van der Waals surface area contributed by atoms with Gasteiger partial charge in [-0.15, -0.1) is 0 Å². The van der Waals surface area contributed by atoms with Gasteiger partial charge in [0.25, 0.3) is 5.97 Å². The van der Waals surface area contributed by atoms with Crippen molar-refractivity contribution in [1.82, 2.24) is 20.0 Å². The van der Waals surface area contributed by atoms with Crippen LogP contribution in [0.1, 0.15) is 75.4 Å². The number of aryl methyl sites for hydroxylation is 1. The zero-order valence-electron chi connectivity index (χ0n) is 21.6. The predicted molar refractivity (Wildman–Crippen MR) is 140 cm³/mol. The van der Waals surface area contributed by atoms with Gasteiger partial charge in [0.1, 0.15) is 12.9 Å². The van der Waals surface area contributed by atoms with Gasteiger partial charge in [0.2, 0.25) is 5.88 Å². The first-order valence-corrected chi connectivity index (χ1v) is 12.7. The van der Waals surface area contributed by atoms with Crippen molar-refractivity contribution < 1.29 is 14.6 Å². The first kappa shape index (κ1) is 27.2. The number of piperidine rings is 1. The number of likely N-dealkylation sites (N-methyl/N-ethyl adjacent to an activating group) is 1. The van der Waals surface area contributed by atoms with E-state index in [-0.39, 0.29) is 6.61 Å². The van der Waals surface area contributed by atoms with E-state index in [0.717, 1.165) is 43.5 Å². The molecule has 2 aromatic heterocycles. The van der Waals surface area contributed by atoms with Gasteiger partial charge in [-0.2, -0.15) is 0 Å². The van der Waals surface area contributed by atoms with Gasteiger partial charge in [-0.25, -0.2) is 20.8 Å². The van der Waals surface area contributed by atoms with Crippen LogP contribution in [0.4, 0.5) is 5.69 Å². The molecule has 1 aliphatic carbocycles. The highest BCUT2D eigenvalue weighted by Gasteiger charge is 2.22. The summed E-state index contributed by atoms with van der Waals surface area (Å²) in [5.74, 6) is 6.34. The maximum atomic E-state index is 9.00. The molecule has 10 nitrogen and oxygen atoms in total. The number of carboxylic acids is 1. The zero-order valence-corrected chi connectivity index (χ0v) is 21.6. The minimum atomic E-state index is -0.833. The van der Waals surface area contributed by atoms with E-state index in [1.54, 1.807) is 13.4 Å². The van der Waals surface area contributed by atoms with Crippen molar-refractivity contribution >= 4 is 17.4 Å².